The van der Waals surface area contributed by atoms with E-state index in [1.807, 2.05) is 48.3 Å². The van der Waals surface area contributed by atoms with Crippen LogP contribution < -0.4 is 4.90 Å². The summed E-state index contributed by atoms with van der Waals surface area (Å²) in [7, 11) is 1.95. The molecule has 0 bridgehead atoms. The maximum absolute atomic E-state index is 5.76. The molecule has 0 unspecified atom stereocenters. The molecule has 7 heteroatoms. The molecular weight excluding hydrogens is 318 g/mol. The van der Waals surface area contributed by atoms with Crippen LogP contribution in [0.4, 0.5) is 5.82 Å². The first-order valence-corrected chi connectivity index (χ1v) is 8.28. The number of benzene rings is 1. The molecule has 0 amide bonds. The van der Waals surface area contributed by atoms with Gasteiger partial charge in [0.2, 0.25) is 11.8 Å². The van der Waals surface area contributed by atoms with Crippen molar-refractivity contribution >= 4 is 5.82 Å². The van der Waals surface area contributed by atoms with Crippen LogP contribution in [0.2, 0.25) is 0 Å². The Balaban J connectivity index is 1.48. The summed E-state index contributed by atoms with van der Waals surface area (Å²) in [6.07, 6.45) is 2.60. The Morgan fingerprint density at radius 2 is 2.04 bits per heavy atom. The van der Waals surface area contributed by atoms with Crippen molar-refractivity contribution in [3.8, 4) is 11.5 Å². The van der Waals surface area contributed by atoms with Crippen LogP contribution >= 0.6 is 0 Å². The molecule has 1 saturated heterocycles. The highest BCUT2D eigenvalue weighted by Crippen LogP contribution is 2.25. The van der Waals surface area contributed by atoms with E-state index in [-0.39, 0.29) is 0 Å². The van der Waals surface area contributed by atoms with E-state index in [1.54, 1.807) is 6.33 Å². The molecule has 3 aromatic rings. The summed E-state index contributed by atoms with van der Waals surface area (Å²) < 4.78 is 11.2. The Morgan fingerprint density at radius 1 is 1.16 bits per heavy atom. The third kappa shape index (κ3) is 3.51. The van der Waals surface area contributed by atoms with Crippen molar-refractivity contribution in [3.63, 3.8) is 0 Å². The van der Waals surface area contributed by atoms with Crippen LogP contribution in [0.25, 0.3) is 11.5 Å². The van der Waals surface area contributed by atoms with Gasteiger partial charge in [-0.05, 0) is 18.6 Å². The number of anilines is 1. The van der Waals surface area contributed by atoms with Crippen LogP contribution in [0.5, 0.6) is 0 Å². The second-order valence-corrected chi connectivity index (χ2v) is 6.08. The molecule has 0 spiro atoms. The number of hydrogen-bond donors (Lipinski definition) is 0. The van der Waals surface area contributed by atoms with Crippen LogP contribution in [0, 0.1) is 0 Å². The van der Waals surface area contributed by atoms with Crippen molar-refractivity contribution < 1.29 is 9.15 Å². The molecule has 2 aromatic heterocycles. The summed E-state index contributed by atoms with van der Waals surface area (Å²) in [5.74, 6) is 2.25. The highest BCUT2D eigenvalue weighted by atomic mass is 16.5. The molecular formula is C18H19N5O2. The number of rotatable bonds is 5. The first-order chi connectivity index (χ1) is 12.3. The Hall–Kier alpha value is -2.80. The summed E-state index contributed by atoms with van der Waals surface area (Å²) in [6.45, 7) is 2.01. The first kappa shape index (κ1) is 15.7. The highest BCUT2D eigenvalue weighted by Gasteiger charge is 2.20. The Bertz CT molecular complexity index is 830. The lowest BCUT2D eigenvalue weighted by atomic mass is 10.0. The average Bonchev–Trinajstić information content (AvgIpc) is 3.35. The number of ether oxygens (including phenoxy) is 1. The smallest absolute Gasteiger partial charge is 0.247 e. The quantitative estimate of drug-likeness (QED) is 0.708. The molecule has 1 aromatic carbocycles. The van der Waals surface area contributed by atoms with Crippen LogP contribution in [-0.4, -0.2) is 40.4 Å². The van der Waals surface area contributed by atoms with Gasteiger partial charge < -0.3 is 14.1 Å². The molecule has 3 heterocycles. The van der Waals surface area contributed by atoms with Crippen molar-refractivity contribution in [1.29, 1.82) is 0 Å². The van der Waals surface area contributed by atoms with Crippen molar-refractivity contribution in [2.75, 3.05) is 25.2 Å². The standard InChI is InChI=1S/C18H19N5O2/c1-23(16-9-15(19-12-20-16)14-7-8-24-11-14)10-17-21-22-18(25-17)13-5-3-2-4-6-13/h2-6,9,12,14H,7-8,10-11H2,1H3/t14-/m1/s1. The zero-order chi connectivity index (χ0) is 17.1. The lowest BCUT2D eigenvalue weighted by Gasteiger charge is -2.17. The molecule has 0 radical (unpaired) electrons. The van der Waals surface area contributed by atoms with E-state index >= 15 is 0 Å². The molecule has 25 heavy (non-hydrogen) atoms. The summed E-state index contributed by atoms with van der Waals surface area (Å²) >= 11 is 0. The molecule has 1 fully saturated rings. The highest BCUT2D eigenvalue weighted by molar-refractivity contribution is 5.51. The third-order valence-electron chi connectivity index (χ3n) is 4.27. The molecule has 0 aliphatic carbocycles. The SMILES string of the molecule is CN(Cc1nnc(-c2ccccc2)o1)c1cc([C@@H]2CCOC2)ncn1. The average molecular weight is 337 g/mol. The van der Waals surface area contributed by atoms with E-state index in [4.69, 9.17) is 9.15 Å². The van der Waals surface area contributed by atoms with Gasteiger partial charge in [-0.2, -0.15) is 0 Å². The topological polar surface area (TPSA) is 77.2 Å². The van der Waals surface area contributed by atoms with Gasteiger partial charge in [0.1, 0.15) is 12.1 Å². The summed E-state index contributed by atoms with van der Waals surface area (Å²) in [6, 6.07) is 11.7. The van der Waals surface area contributed by atoms with Gasteiger partial charge in [0.25, 0.3) is 0 Å². The van der Waals surface area contributed by atoms with Gasteiger partial charge in [0.05, 0.1) is 18.8 Å². The van der Waals surface area contributed by atoms with Crippen LogP contribution in [0.1, 0.15) is 23.9 Å². The number of aromatic nitrogens is 4. The second kappa shape index (κ2) is 6.98. The van der Waals surface area contributed by atoms with Crippen LogP contribution in [0.3, 0.4) is 0 Å². The minimum atomic E-state index is 0.350. The molecule has 1 aliphatic heterocycles. The predicted molar refractivity (Wildman–Crippen MR) is 92.1 cm³/mol. The zero-order valence-electron chi connectivity index (χ0n) is 14.0. The van der Waals surface area contributed by atoms with Gasteiger partial charge in [-0.15, -0.1) is 10.2 Å². The normalized spacial score (nSPS) is 16.9. The van der Waals surface area contributed by atoms with Crippen molar-refractivity contribution in [2.45, 2.75) is 18.9 Å². The maximum atomic E-state index is 5.76. The van der Waals surface area contributed by atoms with Crippen molar-refractivity contribution in [3.05, 3.63) is 54.3 Å². The minimum Gasteiger partial charge on any atom is -0.419 e. The predicted octanol–water partition coefficient (Wildman–Crippen LogP) is 2.67. The van der Waals surface area contributed by atoms with E-state index in [0.29, 0.717) is 24.2 Å². The summed E-state index contributed by atoms with van der Waals surface area (Å²) in [5, 5.41) is 8.26. The number of hydrogen-bond acceptors (Lipinski definition) is 7. The van der Waals surface area contributed by atoms with E-state index in [1.165, 1.54) is 0 Å². The maximum Gasteiger partial charge on any atom is 0.247 e. The van der Waals surface area contributed by atoms with Gasteiger partial charge in [0, 0.05) is 31.2 Å². The molecule has 0 saturated carbocycles. The summed E-state index contributed by atoms with van der Waals surface area (Å²) in [5.41, 5.74) is 1.93. The lowest BCUT2D eigenvalue weighted by molar-refractivity contribution is 0.193. The third-order valence-corrected chi connectivity index (χ3v) is 4.27. The largest absolute Gasteiger partial charge is 0.419 e. The fourth-order valence-corrected chi connectivity index (χ4v) is 2.86. The van der Waals surface area contributed by atoms with E-state index in [0.717, 1.165) is 36.7 Å². The second-order valence-electron chi connectivity index (χ2n) is 6.08. The molecule has 7 nitrogen and oxygen atoms in total. The van der Waals surface area contributed by atoms with Crippen molar-refractivity contribution in [1.82, 2.24) is 20.2 Å². The lowest BCUT2D eigenvalue weighted by Crippen LogP contribution is -2.18. The Morgan fingerprint density at radius 3 is 2.84 bits per heavy atom. The van der Waals surface area contributed by atoms with E-state index < -0.39 is 0 Å². The molecule has 0 N–H and O–H groups in total. The molecule has 128 valence electrons. The fraction of sp³-hybridized carbons (Fsp3) is 0.333. The number of nitrogens with zero attached hydrogens (tertiary/aromatic N) is 5. The van der Waals surface area contributed by atoms with Gasteiger partial charge in [-0.1, -0.05) is 18.2 Å². The van der Waals surface area contributed by atoms with Gasteiger partial charge in [-0.25, -0.2) is 9.97 Å². The Kier molecular flexibility index (Phi) is 4.39. The van der Waals surface area contributed by atoms with Gasteiger partial charge in [0.15, 0.2) is 0 Å². The van der Waals surface area contributed by atoms with Crippen LogP contribution in [0.15, 0.2) is 47.1 Å². The minimum absolute atomic E-state index is 0.350. The van der Waals surface area contributed by atoms with Crippen LogP contribution in [-0.2, 0) is 11.3 Å². The zero-order valence-corrected chi connectivity index (χ0v) is 14.0. The molecule has 1 atom stereocenters. The van der Waals surface area contributed by atoms with Crippen molar-refractivity contribution in [2.24, 2.45) is 0 Å². The monoisotopic (exact) mass is 337 g/mol. The Labute approximate surface area is 145 Å². The van der Waals surface area contributed by atoms with E-state index in [2.05, 4.69) is 20.2 Å². The van der Waals surface area contributed by atoms with E-state index in [9.17, 15) is 0 Å². The van der Waals surface area contributed by atoms with Gasteiger partial charge in [-0.3, -0.25) is 0 Å². The molecule has 1 aliphatic rings. The summed E-state index contributed by atoms with van der Waals surface area (Å²) in [4.78, 5) is 10.7. The van der Waals surface area contributed by atoms with Gasteiger partial charge >= 0.3 is 0 Å². The molecule has 4 rings (SSSR count). The fourth-order valence-electron chi connectivity index (χ4n) is 2.86. The first-order valence-electron chi connectivity index (χ1n) is 8.28.